The van der Waals surface area contributed by atoms with Crippen molar-refractivity contribution in [2.75, 3.05) is 0 Å². The van der Waals surface area contributed by atoms with Crippen LogP contribution in [0.25, 0.3) is 99.9 Å². The molecule has 0 aliphatic heterocycles. The summed E-state index contributed by atoms with van der Waals surface area (Å²) in [6.07, 6.45) is 2.18. The summed E-state index contributed by atoms with van der Waals surface area (Å²) in [6.45, 7) is 0. The second-order valence-electron chi connectivity index (χ2n) is 14.3. The van der Waals surface area contributed by atoms with Crippen molar-refractivity contribution in [3.63, 3.8) is 0 Å². The van der Waals surface area contributed by atoms with Gasteiger partial charge in [-0.3, -0.25) is 0 Å². The van der Waals surface area contributed by atoms with Crippen LogP contribution in [0.1, 0.15) is 0 Å². The van der Waals surface area contributed by atoms with Crippen LogP contribution in [-0.2, 0) is 0 Å². The standard InChI is InChI=1S/C52H34N4/c1-4-14-35(15-5-1)46-34-47(36-16-6-2-7-17-36)54-52(53-46)39-20-12-18-37(32-39)38-19-13-23-41(33-38)56-49-25-11-10-24-45(49)51-44-27-28-48-43(42(44)26-29-50(51)56)30-31-55(48)40-21-8-3-9-22-40/h1-34H. The lowest BCUT2D eigenvalue weighted by Gasteiger charge is -2.12. The topological polar surface area (TPSA) is 35.6 Å². The van der Waals surface area contributed by atoms with Gasteiger partial charge in [-0.15, -0.1) is 0 Å². The molecule has 0 aliphatic carbocycles. The van der Waals surface area contributed by atoms with Gasteiger partial charge in [-0.2, -0.15) is 0 Å². The molecule has 262 valence electrons. The minimum Gasteiger partial charge on any atom is -0.317 e. The Labute approximate surface area is 324 Å². The van der Waals surface area contributed by atoms with Gasteiger partial charge in [0, 0.05) is 50.4 Å². The molecule has 0 saturated heterocycles. The van der Waals surface area contributed by atoms with Gasteiger partial charge in [0.2, 0.25) is 0 Å². The Balaban J connectivity index is 1.04. The molecule has 0 bridgehead atoms. The summed E-state index contributed by atoms with van der Waals surface area (Å²) < 4.78 is 4.69. The quantitative estimate of drug-likeness (QED) is 0.172. The van der Waals surface area contributed by atoms with E-state index in [0.717, 1.165) is 50.6 Å². The summed E-state index contributed by atoms with van der Waals surface area (Å²) in [5.41, 5.74) is 13.0. The van der Waals surface area contributed by atoms with Gasteiger partial charge < -0.3 is 9.13 Å². The van der Waals surface area contributed by atoms with E-state index in [-0.39, 0.29) is 0 Å². The Bertz CT molecular complexity index is 3170. The van der Waals surface area contributed by atoms with E-state index in [1.807, 2.05) is 12.1 Å². The Morgan fingerprint density at radius 2 is 0.893 bits per heavy atom. The van der Waals surface area contributed by atoms with Crippen molar-refractivity contribution in [2.45, 2.75) is 0 Å². The Morgan fingerprint density at radius 3 is 1.64 bits per heavy atom. The number of hydrogen-bond acceptors (Lipinski definition) is 2. The smallest absolute Gasteiger partial charge is 0.160 e. The van der Waals surface area contributed by atoms with Crippen molar-refractivity contribution in [1.29, 1.82) is 0 Å². The van der Waals surface area contributed by atoms with Crippen molar-refractivity contribution in [3.05, 3.63) is 206 Å². The van der Waals surface area contributed by atoms with Crippen LogP contribution >= 0.6 is 0 Å². The fraction of sp³-hybridized carbons (Fsp3) is 0. The van der Waals surface area contributed by atoms with Gasteiger partial charge in [-0.25, -0.2) is 9.97 Å². The maximum absolute atomic E-state index is 5.10. The third-order valence-electron chi connectivity index (χ3n) is 11.0. The number of nitrogens with zero attached hydrogens (tertiary/aromatic N) is 4. The molecule has 56 heavy (non-hydrogen) atoms. The lowest BCUT2D eigenvalue weighted by atomic mass is 10.0. The number of benzene rings is 8. The molecule has 4 nitrogen and oxygen atoms in total. The van der Waals surface area contributed by atoms with E-state index in [0.29, 0.717) is 5.82 Å². The fourth-order valence-electron chi connectivity index (χ4n) is 8.34. The van der Waals surface area contributed by atoms with Gasteiger partial charge in [-0.1, -0.05) is 140 Å². The zero-order chi connectivity index (χ0) is 37.0. The summed E-state index contributed by atoms with van der Waals surface area (Å²) in [5.74, 6) is 0.700. The fourth-order valence-corrected chi connectivity index (χ4v) is 8.34. The summed E-state index contributed by atoms with van der Waals surface area (Å²) in [5, 5.41) is 6.28. The highest BCUT2D eigenvalue weighted by Crippen LogP contribution is 2.40. The summed E-state index contributed by atoms with van der Waals surface area (Å²) in [4.78, 5) is 10.2. The molecular weight excluding hydrogens is 681 g/mol. The lowest BCUT2D eigenvalue weighted by Crippen LogP contribution is -1.96. The Hall–Kier alpha value is -7.56. The first-order valence-corrected chi connectivity index (χ1v) is 19.0. The summed E-state index contributed by atoms with van der Waals surface area (Å²) >= 11 is 0. The number of rotatable bonds is 6. The van der Waals surface area contributed by atoms with E-state index in [2.05, 4.69) is 203 Å². The third-order valence-corrected chi connectivity index (χ3v) is 11.0. The normalized spacial score (nSPS) is 11.6. The minimum atomic E-state index is 0.700. The first kappa shape index (κ1) is 31.9. The molecular formula is C52H34N4. The van der Waals surface area contributed by atoms with E-state index in [9.17, 15) is 0 Å². The predicted molar refractivity (Wildman–Crippen MR) is 232 cm³/mol. The summed E-state index contributed by atoms with van der Waals surface area (Å²) in [7, 11) is 0. The molecule has 0 aliphatic rings. The Morgan fingerprint density at radius 1 is 0.321 bits per heavy atom. The minimum absolute atomic E-state index is 0.700. The molecule has 0 unspecified atom stereocenters. The van der Waals surface area contributed by atoms with Crippen LogP contribution in [0.4, 0.5) is 0 Å². The largest absolute Gasteiger partial charge is 0.317 e. The first-order chi connectivity index (χ1) is 27.8. The average molecular weight is 715 g/mol. The van der Waals surface area contributed by atoms with Crippen molar-refractivity contribution in [2.24, 2.45) is 0 Å². The SMILES string of the molecule is c1ccc(-c2cc(-c3ccccc3)nc(-c3cccc(-c4cccc(-n5c6ccccc6c6c7ccc8c(ccn8-c8ccccc8)c7ccc65)c4)c3)n2)cc1. The highest BCUT2D eigenvalue weighted by molar-refractivity contribution is 6.25. The second-order valence-corrected chi connectivity index (χ2v) is 14.3. The number of aromatic nitrogens is 4. The number of hydrogen-bond donors (Lipinski definition) is 0. The van der Waals surface area contributed by atoms with Gasteiger partial charge in [0.15, 0.2) is 5.82 Å². The van der Waals surface area contributed by atoms with Crippen LogP contribution in [0.15, 0.2) is 206 Å². The zero-order valence-electron chi connectivity index (χ0n) is 30.4. The van der Waals surface area contributed by atoms with Gasteiger partial charge in [-0.05, 0) is 82.6 Å². The van der Waals surface area contributed by atoms with E-state index < -0.39 is 0 Å². The summed E-state index contributed by atoms with van der Waals surface area (Å²) in [6, 6.07) is 71.0. The van der Waals surface area contributed by atoms with E-state index in [1.165, 1.54) is 43.5 Å². The van der Waals surface area contributed by atoms with Crippen molar-refractivity contribution in [1.82, 2.24) is 19.1 Å². The van der Waals surface area contributed by atoms with E-state index in [4.69, 9.17) is 9.97 Å². The molecule has 0 atom stereocenters. The van der Waals surface area contributed by atoms with Crippen molar-refractivity contribution >= 4 is 43.5 Å². The maximum atomic E-state index is 5.10. The van der Waals surface area contributed by atoms with Crippen LogP contribution in [0.3, 0.4) is 0 Å². The van der Waals surface area contributed by atoms with Crippen LogP contribution in [0, 0.1) is 0 Å². The average Bonchev–Trinajstić information content (AvgIpc) is 3.87. The molecule has 3 aromatic heterocycles. The van der Waals surface area contributed by atoms with Crippen molar-refractivity contribution in [3.8, 4) is 56.4 Å². The Kier molecular flexibility index (Phi) is 7.46. The molecule has 0 radical (unpaired) electrons. The lowest BCUT2D eigenvalue weighted by molar-refractivity contribution is 1.13. The first-order valence-electron chi connectivity index (χ1n) is 19.0. The maximum Gasteiger partial charge on any atom is 0.160 e. The van der Waals surface area contributed by atoms with Gasteiger partial charge in [0.1, 0.15) is 0 Å². The number of para-hydroxylation sites is 2. The third kappa shape index (κ3) is 5.31. The second kappa shape index (κ2) is 13.1. The molecule has 4 heteroatoms. The predicted octanol–water partition coefficient (Wildman–Crippen LogP) is 13.3. The highest BCUT2D eigenvalue weighted by Gasteiger charge is 2.18. The highest BCUT2D eigenvalue weighted by atomic mass is 15.0. The zero-order valence-corrected chi connectivity index (χ0v) is 30.4. The monoisotopic (exact) mass is 714 g/mol. The molecule has 0 N–H and O–H groups in total. The van der Waals surface area contributed by atoms with Crippen molar-refractivity contribution < 1.29 is 0 Å². The van der Waals surface area contributed by atoms with Gasteiger partial charge >= 0.3 is 0 Å². The molecule has 0 amide bonds. The molecule has 0 fully saturated rings. The van der Waals surface area contributed by atoms with Gasteiger partial charge in [0.25, 0.3) is 0 Å². The van der Waals surface area contributed by atoms with Crippen LogP contribution in [0.5, 0.6) is 0 Å². The molecule has 3 heterocycles. The van der Waals surface area contributed by atoms with Crippen LogP contribution in [0.2, 0.25) is 0 Å². The van der Waals surface area contributed by atoms with Crippen LogP contribution < -0.4 is 0 Å². The molecule has 11 rings (SSSR count). The molecule has 0 saturated carbocycles. The van der Waals surface area contributed by atoms with E-state index >= 15 is 0 Å². The number of fused-ring (bicyclic) bond motifs is 7. The molecule has 11 aromatic rings. The van der Waals surface area contributed by atoms with Crippen LogP contribution in [-0.4, -0.2) is 19.1 Å². The van der Waals surface area contributed by atoms with E-state index in [1.54, 1.807) is 0 Å². The molecule has 8 aromatic carbocycles. The molecule has 0 spiro atoms. The van der Waals surface area contributed by atoms with Gasteiger partial charge in [0.05, 0.1) is 27.9 Å².